The molecule has 10 heteroatoms. The Hall–Kier alpha value is -4.60. The standard InChI is InChI=1S/C30H32O10/c1-19(2)27(31)37-17-35-23-9-5-21(6-10-23)29(33)39-25-13-15-26(16-14-25)40-30(34)22-7-11-24(12-8-22)36-18-38-28(32)20(3)4/h5-12,25-26H,1,3,13-18H2,2,4H3. The van der Waals surface area contributed by atoms with Crippen molar-refractivity contribution in [2.75, 3.05) is 13.6 Å². The van der Waals surface area contributed by atoms with E-state index < -0.39 is 23.9 Å². The maximum absolute atomic E-state index is 12.5. The molecular weight excluding hydrogens is 520 g/mol. The van der Waals surface area contributed by atoms with Crippen molar-refractivity contribution >= 4 is 23.9 Å². The second kappa shape index (κ2) is 14.5. The van der Waals surface area contributed by atoms with Gasteiger partial charge in [0, 0.05) is 11.1 Å². The van der Waals surface area contributed by atoms with E-state index in [4.69, 9.17) is 28.4 Å². The Balaban J connectivity index is 1.37. The van der Waals surface area contributed by atoms with Crippen molar-refractivity contribution in [2.24, 2.45) is 0 Å². The van der Waals surface area contributed by atoms with Crippen LogP contribution in [0.3, 0.4) is 0 Å². The Morgan fingerprint density at radius 2 is 0.950 bits per heavy atom. The molecule has 0 aliphatic heterocycles. The summed E-state index contributed by atoms with van der Waals surface area (Å²) in [7, 11) is 0. The third-order valence-corrected chi connectivity index (χ3v) is 5.88. The van der Waals surface area contributed by atoms with Crippen molar-refractivity contribution in [1.82, 2.24) is 0 Å². The van der Waals surface area contributed by atoms with Gasteiger partial charge in [-0.2, -0.15) is 0 Å². The summed E-state index contributed by atoms with van der Waals surface area (Å²) in [5.74, 6) is -1.16. The van der Waals surface area contributed by atoms with Crippen LogP contribution in [0.5, 0.6) is 11.5 Å². The zero-order chi connectivity index (χ0) is 29.1. The minimum absolute atomic E-state index is 0.266. The molecule has 2 aromatic carbocycles. The molecule has 0 spiro atoms. The summed E-state index contributed by atoms with van der Waals surface area (Å²) in [4.78, 5) is 47.8. The highest BCUT2D eigenvalue weighted by Gasteiger charge is 2.27. The molecule has 10 nitrogen and oxygen atoms in total. The number of rotatable bonds is 12. The number of hydrogen-bond donors (Lipinski definition) is 0. The van der Waals surface area contributed by atoms with Crippen molar-refractivity contribution in [1.29, 1.82) is 0 Å². The van der Waals surface area contributed by atoms with Gasteiger partial charge in [-0.3, -0.25) is 0 Å². The van der Waals surface area contributed by atoms with Crippen molar-refractivity contribution < 1.29 is 47.6 Å². The summed E-state index contributed by atoms with van der Waals surface area (Å²) >= 11 is 0. The molecule has 0 heterocycles. The van der Waals surface area contributed by atoms with Gasteiger partial charge in [0.1, 0.15) is 23.7 Å². The zero-order valence-electron chi connectivity index (χ0n) is 22.5. The van der Waals surface area contributed by atoms with E-state index in [1.807, 2.05) is 0 Å². The SMILES string of the molecule is C=C(C)C(=O)OCOc1ccc(C(=O)OC2CCC(OC(=O)c3ccc(OCOC(=O)C(=C)C)cc3)CC2)cc1. The Morgan fingerprint density at radius 3 is 1.25 bits per heavy atom. The summed E-state index contributed by atoms with van der Waals surface area (Å²) in [6, 6.07) is 12.6. The van der Waals surface area contributed by atoms with Gasteiger partial charge in [0.05, 0.1) is 11.1 Å². The highest BCUT2D eigenvalue weighted by molar-refractivity contribution is 5.90. The molecule has 1 saturated carbocycles. The van der Waals surface area contributed by atoms with Gasteiger partial charge in [-0.25, -0.2) is 19.2 Å². The molecule has 212 valence electrons. The molecular formula is C30H32O10. The Labute approximate surface area is 232 Å². The maximum atomic E-state index is 12.5. The molecule has 3 rings (SSSR count). The lowest BCUT2D eigenvalue weighted by Gasteiger charge is -2.28. The largest absolute Gasteiger partial charge is 0.459 e. The zero-order valence-corrected chi connectivity index (χ0v) is 22.5. The van der Waals surface area contributed by atoms with Crippen LogP contribution >= 0.6 is 0 Å². The minimum atomic E-state index is -0.550. The Bertz CT molecular complexity index is 1120. The topological polar surface area (TPSA) is 124 Å². The van der Waals surface area contributed by atoms with E-state index in [-0.39, 0.29) is 36.9 Å². The van der Waals surface area contributed by atoms with Crippen LogP contribution in [0.4, 0.5) is 0 Å². The van der Waals surface area contributed by atoms with Crippen LogP contribution < -0.4 is 9.47 Å². The van der Waals surface area contributed by atoms with Gasteiger partial charge in [-0.1, -0.05) is 13.2 Å². The highest BCUT2D eigenvalue weighted by Crippen LogP contribution is 2.26. The van der Waals surface area contributed by atoms with Gasteiger partial charge >= 0.3 is 23.9 Å². The molecule has 2 aromatic rings. The molecule has 40 heavy (non-hydrogen) atoms. The Kier molecular flexibility index (Phi) is 10.9. The predicted molar refractivity (Wildman–Crippen MR) is 143 cm³/mol. The van der Waals surface area contributed by atoms with E-state index in [0.29, 0.717) is 48.3 Å². The molecule has 1 aliphatic rings. The second-order valence-corrected chi connectivity index (χ2v) is 9.21. The fourth-order valence-corrected chi connectivity index (χ4v) is 3.63. The van der Waals surface area contributed by atoms with E-state index >= 15 is 0 Å². The van der Waals surface area contributed by atoms with Gasteiger partial charge in [0.15, 0.2) is 0 Å². The van der Waals surface area contributed by atoms with E-state index in [2.05, 4.69) is 13.2 Å². The van der Waals surface area contributed by atoms with Crippen LogP contribution in [0.1, 0.15) is 60.2 Å². The highest BCUT2D eigenvalue weighted by atomic mass is 16.7. The molecule has 1 fully saturated rings. The van der Waals surface area contributed by atoms with Crippen LogP contribution in [0.2, 0.25) is 0 Å². The van der Waals surface area contributed by atoms with Crippen LogP contribution in [-0.4, -0.2) is 49.7 Å². The summed E-state index contributed by atoms with van der Waals surface area (Å²) in [5, 5.41) is 0. The normalized spacial score (nSPS) is 16.1. The molecule has 0 bridgehead atoms. The first-order valence-electron chi connectivity index (χ1n) is 12.7. The molecule has 0 N–H and O–H groups in total. The molecule has 0 atom stereocenters. The van der Waals surface area contributed by atoms with Crippen molar-refractivity contribution in [3.8, 4) is 11.5 Å². The third-order valence-electron chi connectivity index (χ3n) is 5.88. The number of hydrogen-bond acceptors (Lipinski definition) is 10. The summed E-state index contributed by atoms with van der Waals surface area (Å²) in [5.41, 5.74) is 1.27. The molecule has 1 aliphatic carbocycles. The monoisotopic (exact) mass is 552 g/mol. The number of carbonyl (C=O) groups is 4. The lowest BCUT2D eigenvalue weighted by atomic mass is 9.95. The smallest absolute Gasteiger partial charge is 0.338 e. The van der Waals surface area contributed by atoms with Gasteiger partial charge < -0.3 is 28.4 Å². The van der Waals surface area contributed by atoms with Crippen molar-refractivity contribution in [2.45, 2.75) is 51.7 Å². The molecule has 0 amide bonds. The van der Waals surface area contributed by atoms with Crippen molar-refractivity contribution in [3.05, 3.63) is 84.0 Å². The molecule has 0 radical (unpaired) electrons. The number of ether oxygens (including phenoxy) is 6. The third kappa shape index (κ3) is 9.30. The summed E-state index contributed by atoms with van der Waals surface area (Å²) in [6.07, 6.45) is 1.69. The Morgan fingerprint density at radius 1 is 0.625 bits per heavy atom. The van der Waals surface area contributed by atoms with Crippen LogP contribution in [0, 0.1) is 0 Å². The van der Waals surface area contributed by atoms with Gasteiger partial charge in [0.25, 0.3) is 0 Å². The van der Waals surface area contributed by atoms with Gasteiger partial charge in [0.2, 0.25) is 13.6 Å². The molecule has 0 saturated heterocycles. The van der Waals surface area contributed by atoms with E-state index in [0.717, 1.165) is 0 Å². The first kappa shape index (κ1) is 29.9. The summed E-state index contributed by atoms with van der Waals surface area (Å²) < 4.78 is 31.6. The van der Waals surface area contributed by atoms with E-state index in [1.54, 1.807) is 48.5 Å². The quantitative estimate of drug-likeness (QED) is 0.155. The number of esters is 4. The molecule has 0 aromatic heterocycles. The fourth-order valence-electron chi connectivity index (χ4n) is 3.63. The molecule has 0 unspecified atom stereocenters. The van der Waals surface area contributed by atoms with E-state index in [1.165, 1.54) is 13.8 Å². The average molecular weight is 553 g/mol. The van der Waals surface area contributed by atoms with Crippen molar-refractivity contribution in [3.63, 3.8) is 0 Å². The van der Waals surface area contributed by atoms with Crippen LogP contribution in [0.25, 0.3) is 0 Å². The maximum Gasteiger partial charge on any atom is 0.338 e. The fraction of sp³-hybridized carbons (Fsp3) is 0.333. The lowest BCUT2D eigenvalue weighted by Crippen LogP contribution is -2.29. The van der Waals surface area contributed by atoms with Crippen LogP contribution in [0.15, 0.2) is 72.8 Å². The average Bonchev–Trinajstić information content (AvgIpc) is 2.94. The number of benzene rings is 2. The first-order chi connectivity index (χ1) is 19.1. The number of carbonyl (C=O) groups excluding carboxylic acids is 4. The second-order valence-electron chi connectivity index (χ2n) is 9.21. The predicted octanol–water partition coefficient (Wildman–Crippen LogP) is 4.92. The van der Waals surface area contributed by atoms with E-state index in [9.17, 15) is 19.2 Å². The first-order valence-corrected chi connectivity index (χ1v) is 12.7. The van der Waals surface area contributed by atoms with Crippen LogP contribution in [-0.2, 0) is 28.5 Å². The summed E-state index contributed by atoms with van der Waals surface area (Å²) in [6.45, 7) is 9.52. The van der Waals surface area contributed by atoms with Gasteiger partial charge in [-0.15, -0.1) is 0 Å². The lowest BCUT2D eigenvalue weighted by molar-refractivity contribution is -0.146. The minimum Gasteiger partial charge on any atom is -0.459 e. The van der Waals surface area contributed by atoms with Gasteiger partial charge in [-0.05, 0) is 88.1 Å².